The summed E-state index contributed by atoms with van der Waals surface area (Å²) in [6.45, 7) is 2.52. The lowest BCUT2D eigenvalue weighted by Gasteiger charge is -2.31. The van der Waals surface area contributed by atoms with Crippen LogP contribution in [-0.4, -0.2) is 47.2 Å². The molecule has 2 rings (SSSR count). The molecule has 4 heteroatoms. The maximum atomic E-state index is 11.9. The van der Waals surface area contributed by atoms with Gasteiger partial charge in [-0.25, -0.2) is 0 Å². The molecule has 2 aliphatic carbocycles. The van der Waals surface area contributed by atoms with Crippen molar-refractivity contribution in [3.05, 3.63) is 0 Å². The lowest BCUT2D eigenvalue weighted by atomic mass is 10.0. The molecule has 0 saturated heterocycles. The first kappa shape index (κ1) is 12.8. The second kappa shape index (κ2) is 4.94. The molecule has 0 aliphatic heterocycles. The minimum atomic E-state index is -0.567. The van der Waals surface area contributed by atoms with Crippen LogP contribution in [0.3, 0.4) is 0 Å². The fourth-order valence-electron chi connectivity index (χ4n) is 2.54. The van der Waals surface area contributed by atoms with Crippen LogP contribution in [0.15, 0.2) is 0 Å². The summed E-state index contributed by atoms with van der Waals surface area (Å²) in [5.41, 5.74) is -0.567. The molecule has 0 radical (unpaired) electrons. The zero-order chi connectivity index (χ0) is 12.5. The number of nitrogens with one attached hydrogen (secondary N) is 1. The lowest BCUT2D eigenvalue weighted by Crippen LogP contribution is -2.49. The van der Waals surface area contributed by atoms with Gasteiger partial charge in [0.2, 0.25) is 5.91 Å². The van der Waals surface area contributed by atoms with Crippen molar-refractivity contribution in [3.63, 3.8) is 0 Å². The molecule has 0 aromatic carbocycles. The van der Waals surface area contributed by atoms with Gasteiger partial charge in [-0.15, -0.1) is 0 Å². The number of hydrogen-bond acceptors (Lipinski definition) is 3. The summed E-state index contributed by atoms with van der Waals surface area (Å²) < 4.78 is 0. The Labute approximate surface area is 103 Å². The Morgan fingerprint density at radius 1 is 1.47 bits per heavy atom. The van der Waals surface area contributed by atoms with Crippen LogP contribution in [0, 0.1) is 0 Å². The van der Waals surface area contributed by atoms with E-state index in [0.29, 0.717) is 12.6 Å². The molecule has 1 atom stereocenters. The first-order chi connectivity index (χ1) is 8.00. The number of likely N-dealkylation sites (N-methyl/N-ethyl adjacent to an activating group) is 1. The van der Waals surface area contributed by atoms with Crippen molar-refractivity contribution in [2.24, 2.45) is 0 Å². The molecule has 1 unspecified atom stereocenters. The molecular weight excluding hydrogens is 216 g/mol. The highest BCUT2D eigenvalue weighted by molar-refractivity contribution is 5.81. The van der Waals surface area contributed by atoms with E-state index in [0.717, 1.165) is 38.5 Å². The summed E-state index contributed by atoms with van der Waals surface area (Å²) >= 11 is 0. The van der Waals surface area contributed by atoms with E-state index in [1.165, 1.54) is 0 Å². The third kappa shape index (κ3) is 3.42. The maximum Gasteiger partial charge on any atom is 0.237 e. The third-order valence-corrected chi connectivity index (χ3v) is 4.04. The highest BCUT2D eigenvalue weighted by Gasteiger charge is 2.35. The Bertz CT molecular complexity index is 283. The summed E-state index contributed by atoms with van der Waals surface area (Å²) in [7, 11) is 1.92. The zero-order valence-corrected chi connectivity index (χ0v) is 10.9. The molecule has 0 heterocycles. The molecule has 0 aromatic rings. The fraction of sp³-hybridized carbons (Fsp3) is 0.923. The van der Waals surface area contributed by atoms with Crippen LogP contribution in [0.1, 0.15) is 45.4 Å². The van der Waals surface area contributed by atoms with E-state index in [1.807, 2.05) is 18.9 Å². The van der Waals surface area contributed by atoms with E-state index in [4.69, 9.17) is 0 Å². The molecule has 4 nitrogen and oxygen atoms in total. The second-order valence-electron chi connectivity index (χ2n) is 5.81. The summed E-state index contributed by atoms with van der Waals surface area (Å²) in [5, 5.41) is 13.3. The summed E-state index contributed by atoms with van der Waals surface area (Å²) in [6, 6.07) is 0.258. The molecule has 0 spiro atoms. The van der Waals surface area contributed by atoms with E-state index in [2.05, 4.69) is 5.32 Å². The van der Waals surface area contributed by atoms with Crippen LogP contribution in [0.2, 0.25) is 0 Å². The molecule has 1 amide bonds. The van der Waals surface area contributed by atoms with Gasteiger partial charge in [-0.2, -0.15) is 0 Å². The SMILES string of the molecule is CC(C(=O)NC1CC1)N(C)CC1(O)CCCC1. The molecular formula is C13H24N2O2. The largest absolute Gasteiger partial charge is 0.389 e. The fourth-order valence-corrected chi connectivity index (χ4v) is 2.54. The van der Waals surface area contributed by atoms with Gasteiger partial charge >= 0.3 is 0 Å². The number of nitrogens with zero attached hydrogens (tertiary/aromatic N) is 1. The van der Waals surface area contributed by atoms with Crippen molar-refractivity contribution in [1.29, 1.82) is 0 Å². The van der Waals surface area contributed by atoms with Crippen LogP contribution in [0.4, 0.5) is 0 Å². The number of carbonyl (C=O) groups is 1. The monoisotopic (exact) mass is 240 g/mol. The van der Waals surface area contributed by atoms with E-state index in [1.54, 1.807) is 0 Å². The molecule has 0 bridgehead atoms. The van der Waals surface area contributed by atoms with Gasteiger partial charge in [-0.1, -0.05) is 12.8 Å². The molecule has 17 heavy (non-hydrogen) atoms. The van der Waals surface area contributed by atoms with Gasteiger partial charge in [0.1, 0.15) is 0 Å². The topological polar surface area (TPSA) is 52.6 Å². The molecule has 2 fully saturated rings. The Morgan fingerprint density at radius 3 is 2.59 bits per heavy atom. The predicted octanol–water partition coefficient (Wildman–Crippen LogP) is 0.890. The lowest BCUT2D eigenvalue weighted by molar-refractivity contribution is -0.126. The molecule has 2 N–H and O–H groups in total. The summed E-state index contributed by atoms with van der Waals surface area (Å²) in [4.78, 5) is 13.9. The third-order valence-electron chi connectivity index (χ3n) is 4.04. The number of rotatable bonds is 5. The van der Waals surface area contributed by atoms with Gasteiger partial charge in [-0.3, -0.25) is 9.69 Å². The Hall–Kier alpha value is -0.610. The number of carbonyl (C=O) groups excluding carboxylic acids is 1. The van der Waals surface area contributed by atoms with Crippen molar-refractivity contribution >= 4 is 5.91 Å². The van der Waals surface area contributed by atoms with E-state index >= 15 is 0 Å². The van der Waals surface area contributed by atoms with Crippen molar-refractivity contribution in [2.75, 3.05) is 13.6 Å². The van der Waals surface area contributed by atoms with Gasteiger partial charge in [0, 0.05) is 12.6 Å². The van der Waals surface area contributed by atoms with Crippen molar-refractivity contribution in [3.8, 4) is 0 Å². The molecule has 0 aromatic heterocycles. The number of aliphatic hydroxyl groups is 1. The van der Waals surface area contributed by atoms with Gasteiger partial charge in [0.05, 0.1) is 11.6 Å². The smallest absolute Gasteiger partial charge is 0.237 e. The Morgan fingerprint density at radius 2 is 2.06 bits per heavy atom. The van der Waals surface area contributed by atoms with E-state index in [-0.39, 0.29) is 11.9 Å². The van der Waals surface area contributed by atoms with Crippen LogP contribution in [0.25, 0.3) is 0 Å². The normalized spacial score (nSPS) is 24.9. The average molecular weight is 240 g/mol. The maximum absolute atomic E-state index is 11.9. The highest BCUT2D eigenvalue weighted by atomic mass is 16.3. The Balaban J connectivity index is 1.80. The summed E-state index contributed by atoms with van der Waals surface area (Å²) in [6.07, 6.45) is 6.18. The van der Waals surface area contributed by atoms with Crippen LogP contribution < -0.4 is 5.32 Å². The van der Waals surface area contributed by atoms with Gasteiger partial charge in [0.15, 0.2) is 0 Å². The number of hydrogen-bond donors (Lipinski definition) is 2. The molecule has 2 saturated carbocycles. The quantitative estimate of drug-likeness (QED) is 0.750. The van der Waals surface area contributed by atoms with Crippen LogP contribution in [0.5, 0.6) is 0 Å². The Kier molecular flexibility index (Phi) is 3.73. The van der Waals surface area contributed by atoms with E-state index in [9.17, 15) is 9.90 Å². The predicted molar refractivity (Wildman–Crippen MR) is 66.7 cm³/mol. The first-order valence-corrected chi connectivity index (χ1v) is 6.73. The first-order valence-electron chi connectivity index (χ1n) is 6.73. The zero-order valence-electron chi connectivity index (χ0n) is 10.9. The minimum Gasteiger partial charge on any atom is -0.389 e. The molecule has 98 valence electrons. The van der Waals surface area contributed by atoms with E-state index < -0.39 is 5.60 Å². The van der Waals surface area contributed by atoms with Crippen molar-refractivity contribution in [2.45, 2.75) is 63.1 Å². The highest BCUT2D eigenvalue weighted by Crippen LogP contribution is 2.30. The van der Waals surface area contributed by atoms with Crippen LogP contribution >= 0.6 is 0 Å². The van der Waals surface area contributed by atoms with Crippen molar-refractivity contribution < 1.29 is 9.90 Å². The standard InChI is InChI=1S/C13H24N2O2/c1-10(12(16)14-11-5-6-11)15(2)9-13(17)7-3-4-8-13/h10-11,17H,3-9H2,1-2H3,(H,14,16). The van der Waals surface area contributed by atoms with Gasteiger partial charge < -0.3 is 10.4 Å². The van der Waals surface area contributed by atoms with Gasteiger partial charge in [-0.05, 0) is 39.7 Å². The summed E-state index contributed by atoms with van der Waals surface area (Å²) in [5.74, 6) is 0.0941. The minimum absolute atomic E-state index is 0.0941. The number of amides is 1. The average Bonchev–Trinajstić information content (AvgIpc) is 2.98. The molecule has 2 aliphatic rings. The van der Waals surface area contributed by atoms with Gasteiger partial charge in [0.25, 0.3) is 0 Å². The van der Waals surface area contributed by atoms with Crippen LogP contribution in [-0.2, 0) is 4.79 Å². The second-order valence-corrected chi connectivity index (χ2v) is 5.81. The van der Waals surface area contributed by atoms with Crippen molar-refractivity contribution in [1.82, 2.24) is 10.2 Å².